The number of anilines is 1. The topological polar surface area (TPSA) is 68.9 Å². The van der Waals surface area contributed by atoms with Crippen molar-refractivity contribution in [1.29, 1.82) is 0 Å². The second kappa shape index (κ2) is 4.50. The molecule has 2 rings (SSSR count). The number of nitrogens with two attached hydrogens (primary N) is 1. The molecule has 0 amide bonds. The Bertz CT molecular complexity index is 470. The van der Waals surface area contributed by atoms with E-state index < -0.39 is 10.8 Å². The van der Waals surface area contributed by atoms with Crippen molar-refractivity contribution in [2.24, 2.45) is 0 Å². The standard InChI is InChI=1S/C9H9N3OS2/c10-7-5-11-2-1-8(7)15(13)6-9-12-3-4-14-9/h1-5H,6,10H2. The molecule has 0 saturated heterocycles. The minimum atomic E-state index is -1.14. The maximum atomic E-state index is 11.9. The van der Waals surface area contributed by atoms with E-state index in [1.54, 1.807) is 18.5 Å². The molecule has 6 heteroatoms. The molecule has 0 bridgehead atoms. The summed E-state index contributed by atoms with van der Waals surface area (Å²) >= 11 is 1.49. The van der Waals surface area contributed by atoms with Gasteiger partial charge < -0.3 is 5.73 Å². The van der Waals surface area contributed by atoms with E-state index >= 15 is 0 Å². The smallest absolute Gasteiger partial charge is 0.105 e. The first kappa shape index (κ1) is 10.3. The van der Waals surface area contributed by atoms with Crippen LogP contribution in [-0.2, 0) is 16.6 Å². The molecule has 15 heavy (non-hydrogen) atoms. The molecule has 0 aliphatic rings. The van der Waals surface area contributed by atoms with Crippen molar-refractivity contribution in [2.45, 2.75) is 10.6 Å². The Hall–Kier alpha value is -1.27. The van der Waals surface area contributed by atoms with Crippen LogP contribution in [0.15, 0.2) is 34.9 Å². The molecule has 2 aromatic rings. The Morgan fingerprint density at radius 1 is 1.47 bits per heavy atom. The van der Waals surface area contributed by atoms with Crippen LogP contribution in [0.25, 0.3) is 0 Å². The number of aromatic nitrogens is 2. The Morgan fingerprint density at radius 3 is 3.00 bits per heavy atom. The van der Waals surface area contributed by atoms with Gasteiger partial charge in [0.15, 0.2) is 0 Å². The quantitative estimate of drug-likeness (QED) is 0.879. The third kappa shape index (κ3) is 2.40. The molecular weight excluding hydrogens is 230 g/mol. The zero-order chi connectivity index (χ0) is 10.7. The molecule has 0 spiro atoms. The molecule has 2 heterocycles. The minimum Gasteiger partial charge on any atom is -0.396 e. The number of thiazole rings is 1. The van der Waals surface area contributed by atoms with E-state index in [1.165, 1.54) is 17.5 Å². The summed E-state index contributed by atoms with van der Waals surface area (Å²) in [5.41, 5.74) is 6.14. The molecule has 2 aromatic heterocycles. The van der Waals surface area contributed by atoms with Gasteiger partial charge in [-0.2, -0.15) is 0 Å². The predicted molar refractivity (Wildman–Crippen MR) is 60.9 cm³/mol. The zero-order valence-corrected chi connectivity index (χ0v) is 9.42. The van der Waals surface area contributed by atoms with Crippen LogP contribution in [0.4, 0.5) is 5.69 Å². The summed E-state index contributed by atoms with van der Waals surface area (Å²) in [6, 6.07) is 1.68. The van der Waals surface area contributed by atoms with Crippen LogP contribution in [0.2, 0.25) is 0 Å². The first-order valence-electron chi connectivity index (χ1n) is 4.23. The lowest BCUT2D eigenvalue weighted by atomic mass is 10.4. The first-order chi connectivity index (χ1) is 7.27. The van der Waals surface area contributed by atoms with E-state index in [-0.39, 0.29) is 0 Å². The van der Waals surface area contributed by atoms with Gasteiger partial charge in [-0.05, 0) is 6.07 Å². The Kier molecular flexibility index (Phi) is 3.08. The van der Waals surface area contributed by atoms with Crippen LogP contribution in [0, 0.1) is 0 Å². The molecule has 0 saturated carbocycles. The van der Waals surface area contributed by atoms with Gasteiger partial charge in [-0.3, -0.25) is 9.19 Å². The Labute approximate surface area is 93.6 Å². The van der Waals surface area contributed by atoms with Crippen molar-refractivity contribution in [2.75, 3.05) is 5.73 Å². The second-order valence-electron chi connectivity index (χ2n) is 2.83. The van der Waals surface area contributed by atoms with Crippen molar-refractivity contribution in [3.8, 4) is 0 Å². The third-order valence-electron chi connectivity index (χ3n) is 1.79. The molecule has 4 nitrogen and oxygen atoms in total. The maximum absolute atomic E-state index is 11.9. The first-order valence-corrected chi connectivity index (χ1v) is 6.43. The fraction of sp³-hybridized carbons (Fsp3) is 0.111. The highest BCUT2D eigenvalue weighted by Crippen LogP contribution is 2.18. The highest BCUT2D eigenvalue weighted by molar-refractivity contribution is 7.84. The van der Waals surface area contributed by atoms with Crippen LogP contribution >= 0.6 is 11.3 Å². The van der Waals surface area contributed by atoms with Gasteiger partial charge in [-0.25, -0.2) is 4.98 Å². The molecule has 78 valence electrons. The monoisotopic (exact) mass is 239 g/mol. The Morgan fingerprint density at radius 2 is 2.33 bits per heavy atom. The van der Waals surface area contributed by atoms with Crippen molar-refractivity contribution < 1.29 is 4.21 Å². The lowest BCUT2D eigenvalue weighted by molar-refractivity contribution is 0.682. The molecule has 1 unspecified atom stereocenters. The van der Waals surface area contributed by atoms with Crippen molar-refractivity contribution in [3.63, 3.8) is 0 Å². The molecule has 2 N–H and O–H groups in total. The number of rotatable bonds is 3. The van der Waals surface area contributed by atoms with E-state index in [9.17, 15) is 4.21 Å². The summed E-state index contributed by atoms with van der Waals surface area (Å²) in [6.45, 7) is 0. The van der Waals surface area contributed by atoms with Crippen LogP contribution in [0.1, 0.15) is 5.01 Å². The van der Waals surface area contributed by atoms with E-state index in [0.717, 1.165) is 5.01 Å². The van der Waals surface area contributed by atoms with E-state index in [0.29, 0.717) is 16.3 Å². The number of hydrogen-bond acceptors (Lipinski definition) is 5. The molecule has 0 radical (unpaired) electrons. The molecular formula is C9H9N3OS2. The molecule has 0 aromatic carbocycles. The van der Waals surface area contributed by atoms with Gasteiger partial charge in [0.2, 0.25) is 0 Å². The van der Waals surface area contributed by atoms with Gasteiger partial charge in [-0.1, -0.05) is 0 Å². The van der Waals surface area contributed by atoms with E-state index in [1.807, 2.05) is 5.38 Å². The zero-order valence-electron chi connectivity index (χ0n) is 7.79. The summed E-state index contributed by atoms with van der Waals surface area (Å²) in [7, 11) is -1.14. The normalized spacial score (nSPS) is 12.5. The number of hydrogen-bond donors (Lipinski definition) is 1. The van der Waals surface area contributed by atoms with Crippen LogP contribution in [0.3, 0.4) is 0 Å². The van der Waals surface area contributed by atoms with Gasteiger partial charge in [-0.15, -0.1) is 11.3 Å². The van der Waals surface area contributed by atoms with Gasteiger partial charge in [0.25, 0.3) is 0 Å². The summed E-state index contributed by atoms with van der Waals surface area (Å²) in [5.74, 6) is 0.409. The fourth-order valence-electron chi connectivity index (χ4n) is 1.12. The van der Waals surface area contributed by atoms with Crippen molar-refractivity contribution >= 4 is 27.8 Å². The van der Waals surface area contributed by atoms with Gasteiger partial charge in [0.05, 0.1) is 33.3 Å². The minimum absolute atomic E-state index is 0.409. The Balaban J connectivity index is 2.19. The van der Waals surface area contributed by atoms with E-state index in [4.69, 9.17) is 5.73 Å². The molecule has 0 aliphatic carbocycles. The molecule has 0 fully saturated rings. The average molecular weight is 239 g/mol. The number of nitrogens with zero attached hydrogens (tertiary/aromatic N) is 2. The predicted octanol–water partition coefficient (Wildman–Crippen LogP) is 1.43. The highest BCUT2D eigenvalue weighted by atomic mass is 32.2. The molecule has 1 atom stereocenters. The summed E-state index contributed by atoms with van der Waals surface area (Å²) in [4.78, 5) is 8.56. The van der Waals surface area contributed by atoms with Gasteiger partial charge in [0, 0.05) is 17.8 Å². The van der Waals surface area contributed by atoms with Crippen LogP contribution in [-0.4, -0.2) is 14.2 Å². The number of nitrogen functional groups attached to an aromatic ring is 1. The van der Waals surface area contributed by atoms with Crippen molar-refractivity contribution in [3.05, 3.63) is 35.0 Å². The van der Waals surface area contributed by atoms with Crippen LogP contribution in [0.5, 0.6) is 0 Å². The lowest BCUT2D eigenvalue weighted by Crippen LogP contribution is -2.00. The maximum Gasteiger partial charge on any atom is 0.105 e. The number of pyridine rings is 1. The average Bonchev–Trinajstić information content (AvgIpc) is 2.71. The SMILES string of the molecule is Nc1cnccc1S(=O)Cc1nccs1. The highest BCUT2D eigenvalue weighted by Gasteiger charge is 2.09. The van der Waals surface area contributed by atoms with E-state index in [2.05, 4.69) is 9.97 Å². The lowest BCUT2D eigenvalue weighted by Gasteiger charge is -2.02. The largest absolute Gasteiger partial charge is 0.396 e. The van der Waals surface area contributed by atoms with Gasteiger partial charge in [0.1, 0.15) is 5.01 Å². The summed E-state index contributed by atoms with van der Waals surface area (Å²) in [6.07, 6.45) is 4.80. The summed E-state index contributed by atoms with van der Waals surface area (Å²) in [5, 5.41) is 2.71. The third-order valence-corrected chi connectivity index (χ3v) is 4.15. The second-order valence-corrected chi connectivity index (χ2v) is 5.23. The summed E-state index contributed by atoms with van der Waals surface area (Å²) < 4.78 is 11.9. The van der Waals surface area contributed by atoms with Crippen LogP contribution < -0.4 is 5.73 Å². The fourth-order valence-corrected chi connectivity index (χ4v) is 3.09. The van der Waals surface area contributed by atoms with Gasteiger partial charge >= 0.3 is 0 Å². The van der Waals surface area contributed by atoms with Crippen molar-refractivity contribution in [1.82, 2.24) is 9.97 Å². The molecule has 0 aliphatic heterocycles.